The number of quaternary nitrogens is 1. The fourth-order valence-electron chi connectivity index (χ4n) is 1.87. The number of nitrogens with zero attached hydrogens (tertiary/aromatic N) is 1. The molecule has 0 saturated heterocycles. The monoisotopic (exact) mass is 319 g/mol. The van der Waals surface area contributed by atoms with E-state index < -0.39 is 5.69 Å². The summed E-state index contributed by atoms with van der Waals surface area (Å²) in [6.45, 7) is 2.79. The molecule has 1 aromatic carbocycles. The Hall–Kier alpha value is 0.1000. The first kappa shape index (κ1) is 17.2. The summed E-state index contributed by atoms with van der Waals surface area (Å²) >= 11 is 8.69. The summed E-state index contributed by atoms with van der Waals surface area (Å²) in [6.07, 6.45) is 0.657. The Kier molecular flexibility index (Phi) is 6.05. The van der Waals surface area contributed by atoms with Gasteiger partial charge in [-0.1, -0.05) is 43.0 Å². The predicted octanol–water partition coefficient (Wildman–Crippen LogP) is 2.53. The Bertz CT molecular complexity index is 468. The first-order valence-corrected chi connectivity index (χ1v) is 10.0. The highest BCUT2D eigenvalue weighted by Crippen LogP contribution is 2.47. The maximum atomic E-state index is 11.7. The summed E-state index contributed by atoms with van der Waals surface area (Å²) in [4.78, 5) is 11.7. The average Bonchev–Trinajstić information content (AvgIpc) is 2.24. The van der Waals surface area contributed by atoms with Crippen molar-refractivity contribution in [3.8, 4) is 0 Å². The van der Waals surface area contributed by atoms with Crippen LogP contribution in [0.2, 0.25) is 0 Å². The van der Waals surface area contributed by atoms with Crippen LogP contribution in [0.4, 0.5) is 0 Å². The number of benzene rings is 1. The van der Waals surface area contributed by atoms with Crippen LogP contribution in [0.3, 0.4) is 0 Å². The smallest absolute Gasteiger partial charge is 0.136 e. The summed E-state index contributed by atoms with van der Waals surface area (Å²) in [5.74, 6) is 0. The van der Waals surface area contributed by atoms with E-state index in [2.05, 4.69) is 52.4 Å². The van der Waals surface area contributed by atoms with Gasteiger partial charge in [-0.25, -0.2) is 0 Å². The molecule has 0 amide bonds. The molecular formula is C13H22NO2PS2. The second kappa shape index (κ2) is 6.70. The molecule has 0 N–H and O–H groups in total. The van der Waals surface area contributed by atoms with E-state index in [9.17, 15) is 4.89 Å². The molecule has 2 unspecified atom stereocenters. The topological polar surface area (TPSA) is 32.3 Å². The zero-order valence-electron chi connectivity index (χ0n) is 11.9. The molecule has 1 rings (SSSR count). The lowest BCUT2D eigenvalue weighted by Crippen LogP contribution is -2.39. The Balaban J connectivity index is 3.04. The Morgan fingerprint density at radius 2 is 2.05 bits per heavy atom. The summed E-state index contributed by atoms with van der Waals surface area (Å²) in [6, 6.07) is 8.13. The molecule has 0 aromatic heterocycles. The fraction of sp³-hybridized carbons (Fsp3) is 0.538. The lowest BCUT2D eigenvalue weighted by atomic mass is 10.0. The van der Waals surface area contributed by atoms with E-state index in [1.165, 1.54) is 5.56 Å². The van der Waals surface area contributed by atoms with Crippen molar-refractivity contribution >= 4 is 29.7 Å². The van der Waals surface area contributed by atoms with Crippen molar-refractivity contribution < 1.29 is 13.9 Å². The molecule has 0 fully saturated rings. The van der Waals surface area contributed by atoms with Gasteiger partial charge in [-0.05, 0) is 17.5 Å². The molecule has 0 aliphatic heterocycles. The maximum Gasteiger partial charge on any atom is 0.136 e. The number of hydrogen-bond acceptors (Lipinski definition) is 3. The van der Waals surface area contributed by atoms with Gasteiger partial charge in [-0.2, -0.15) is 0 Å². The van der Waals surface area contributed by atoms with Gasteiger partial charge in [0.25, 0.3) is 0 Å². The van der Waals surface area contributed by atoms with Gasteiger partial charge in [0.1, 0.15) is 12.6 Å². The van der Waals surface area contributed by atoms with E-state index >= 15 is 0 Å². The van der Waals surface area contributed by atoms with Gasteiger partial charge in [0.2, 0.25) is 0 Å². The van der Waals surface area contributed by atoms with Crippen LogP contribution < -0.4 is 4.89 Å². The molecule has 0 bridgehead atoms. The first-order valence-electron chi connectivity index (χ1n) is 6.22. The maximum absolute atomic E-state index is 11.7. The predicted molar refractivity (Wildman–Crippen MR) is 85.8 cm³/mol. The van der Waals surface area contributed by atoms with Gasteiger partial charge < -0.3 is 13.9 Å². The van der Waals surface area contributed by atoms with E-state index in [4.69, 9.17) is 16.3 Å². The van der Waals surface area contributed by atoms with E-state index in [0.717, 1.165) is 12.0 Å². The third kappa shape index (κ3) is 6.89. The van der Waals surface area contributed by atoms with Crippen LogP contribution in [0, 0.1) is 0 Å². The second-order valence-electron chi connectivity index (χ2n) is 5.63. The minimum absolute atomic E-state index is 0.299. The molecule has 2 atom stereocenters. The van der Waals surface area contributed by atoms with E-state index in [-0.39, 0.29) is 6.10 Å². The highest BCUT2D eigenvalue weighted by atomic mass is 32.9. The first-order chi connectivity index (χ1) is 8.61. The highest BCUT2D eigenvalue weighted by molar-refractivity contribution is 8.59. The van der Waals surface area contributed by atoms with Gasteiger partial charge in [-0.3, -0.25) is 0 Å². The molecule has 0 aliphatic rings. The van der Waals surface area contributed by atoms with Gasteiger partial charge in [0.15, 0.2) is 0 Å². The van der Waals surface area contributed by atoms with Crippen molar-refractivity contribution in [2.24, 2.45) is 0 Å². The van der Waals surface area contributed by atoms with E-state index in [0.29, 0.717) is 11.0 Å². The van der Waals surface area contributed by atoms with Crippen LogP contribution in [0.15, 0.2) is 24.3 Å². The molecule has 108 valence electrons. The van der Waals surface area contributed by atoms with Crippen LogP contribution in [-0.2, 0) is 22.8 Å². The van der Waals surface area contributed by atoms with Crippen molar-refractivity contribution in [2.45, 2.75) is 19.4 Å². The molecule has 0 radical (unpaired) electrons. The normalized spacial score (nSPS) is 16.9. The summed E-state index contributed by atoms with van der Waals surface area (Å²) in [5.41, 5.74) is -0.995. The molecular weight excluding hydrogens is 297 g/mol. The Morgan fingerprint density at radius 3 is 2.53 bits per heavy atom. The quantitative estimate of drug-likeness (QED) is 0.497. The summed E-state index contributed by atoms with van der Waals surface area (Å²) in [5, 5.41) is 0. The van der Waals surface area contributed by atoms with Gasteiger partial charge in [0.05, 0.1) is 21.1 Å². The van der Waals surface area contributed by atoms with Crippen LogP contribution >= 0.6 is 17.9 Å². The van der Waals surface area contributed by atoms with Crippen molar-refractivity contribution in [2.75, 3.05) is 27.7 Å². The van der Waals surface area contributed by atoms with E-state index in [1.807, 2.05) is 12.1 Å². The van der Waals surface area contributed by atoms with Crippen LogP contribution in [0.5, 0.6) is 0 Å². The zero-order chi connectivity index (χ0) is 14.7. The molecule has 0 spiro atoms. The third-order valence-electron chi connectivity index (χ3n) is 2.71. The molecule has 3 nitrogen and oxygen atoms in total. The number of hydrogen-bond donors (Lipinski definition) is 1. The van der Waals surface area contributed by atoms with Crippen LogP contribution in [0.25, 0.3) is 0 Å². The average molecular weight is 319 g/mol. The van der Waals surface area contributed by atoms with Gasteiger partial charge in [-0.15, -0.1) is 12.2 Å². The number of thiol groups is 1. The minimum Gasteiger partial charge on any atom is -0.793 e. The SMILES string of the molecule is CCc1cccc(C(C[N+](C)(C)C)OP([O-])(=S)S)c1. The van der Waals surface area contributed by atoms with Gasteiger partial charge in [0, 0.05) is 5.69 Å². The zero-order valence-corrected chi connectivity index (χ0v) is 14.5. The number of likely N-dealkylation sites (N-methyl/N-ethyl adjacent to an activating group) is 1. The summed E-state index contributed by atoms with van der Waals surface area (Å²) < 4.78 is 6.22. The summed E-state index contributed by atoms with van der Waals surface area (Å²) in [7, 11) is 6.19. The number of rotatable bonds is 6. The molecule has 6 heteroatoms. The van der Waals surface area contributed by atoms with Crippen molar-refractivity contribution in [3.05, 3.63) is 35.4 Å². The van der Waals surface area contributed by atoms with Crippen molar-refractivity contribution in [1.29, 1.82) is 0 Å². The highest BCUT2D eigenvalue weighted by Gasteiger charge is 2.22. The van der Waals surface area contributed by atoms with Gasteiger partial charge >= 0.3 is 0 Å². The minimum atomic E-state index is -3.23. The fourth-order valence-corrected chi connectivity index (χ4v) is 3.03. The lowest BCUT2D eigenvalue weighted by Gasteiger charge is -2.33. The van der Waals surface area contributed by atoms with Crippen molar-refractivity contribution in [1.82, 2.24) is 0 Å². The Labute approximate surface area is 126 Å². The molecule has 1 aromatic rings. The standard InChI is InChI=1S/C13H22NO2PS2/c1-5-11-7-6-8-12(9-11)13(10-14(2,3)4)16-17(15,18)19/h6-9,13H,5,10H2,1-4H3,(H-,15,18,19). The van der Waals surface area contributed by atoms with Crippen LogP contribution in [-0.4, -0.2) is 32.2 Å². The molecule has 0 saturated carbocycles. The van der Waals surface area contributed by atoms with Crippen LogP contribution in [0.1, 0.15) is 24.2 Å². The van der Waals surface area contributed by atoms with Crippen molar-refractivity contribution in [3.63, 3.8) is 0 Å². The largest absolute Gasteiger partial charge is 0.793 e. The molecule has 0 heterocycles. The third-order valence-corrected chi connectivity index (χ3v) is 3.77. The molecule has 19 heavy (non-hydrogen) atoms. The van der Waals surface area contributed by atoms with E-state index in [1.54, 1.807) is 0 Å². The second-order valence-corrected chi connectivity index (χ2v) is 10.6. The lowest BCUT2D eigenvalue weighted by molar-refractivity contribution is -0.874. The number of aryl methyl sites for hydroxylation is 1. The molecule has 0 aliphatic carbocycles. The Morgan fingerprint density at radius 1 is 1.42 bits per heavy atom.